The van der Waals surface area contributed by atoms with Crippen molar-refractivity contribution in [2.24, 2.45) is 0 Å². The number of benzene rings is 2. The lowest BCUT2D eigenvalue weighted by Crippen LogP contribution is -2.34. The molecule has 0 spiro atoms. The molecule has 0 atom stereocenters. The van der Waals surface area contributed by atoms with E-state index in [0.29, 0.717) is 16.5 Å². The van der Waals surface area contributed by atoms with Gasteiger partial charge >= 0.3 is 0 Å². The predicted octanol–water partition coefficient (Wildman–Crippen LogP) is 4.76. The van der Waals surface area contributed by atoms with E-state index in [4.69, 9.17) is 16.3 Å². The quantitative estimate of drug-likeness (QED) is 0.691. The lowest BCUT2D eigenvalue weighted by molar-refractivity contribution is -0.120. The summed E-state index contributed by atoms with van der Waals surface area (Å²) in [6, 6.07) is 12.9. The Labute approximate surface area is 164 Å². The molecule has 0 saturated heterocycles. The number of aryl methyl sites for hydroxylation is 1. The maximum atomic E-state index is 12.9. The molecule has 3 aromatic rings. The number of nitrogens with one attached hydrogen (secondary N) is 1. The van der Waals surface area contributed by atoms with Crippen LogP contribution in [0.1, 0.15) is 25.1 Å². The van der Waals surface area contributed by atoms with Crippen LogP contribution in [0.25, 0.3) is 5.69 Å². The molecule has 140 valence electrons. The van der Waals surface area contributed by atoms with E-state index in [2.05, 4.69) is 10.3 Å². The van der Waals surface area contributed by atoms with E-state index in [-0.39, 0.29) is 5.91 Å². The third-order valence-electron chi connectivity index (χ3n) is 4.56. The van der Waals surface area contributed by atoms with Crippen molar-refractivity contribution in [3.8, 4) is 11.4 Å². The zero-order valence-electron chi connectivity index (χ0n) is 15.8. The fourth-order valence-electron chi connectivity index (χ4n) is 2.81. The van der Waals surface area contributed by atoms with E-state index in [0.717, 1.165) is 16.9 Å². The molecule has 0 bridgehead atoms. The summed E-state index contributed by atoms with van der Waals surface area (Å²) in [5, 5.41) is 3.62. The molecule has 3 rings (SSSR count). The highest BCUT2D eigenvalue weighted by Crippen LogP contribution is 2.30. The largest absolute Gasteiger partial charge is 0.494 e. The molecule has 0 radical (unpaired) electrons. The van der Waals surface area contributed by atoms with Crippen LogP contribution < -0.4 is 10.1 Å². The smallest absolute Gasteiger partial charge is 0.234 e. The first-order valence-corrected chi connectivity index (χ1v) is 8.95. The van der Waals surface area contributed by atoms with Gasteiger partial charge in [0.25, 0.3) is 0 Å². The van der Waals surface area contributed by atoms with Crippen LogP contribution in [0.4, 0.5) is 5.69 Å². The molecule has 0 aliphatic heterocycles. The van der Waals surface area contributed by atoms with Gasteiger partial charge in [-0.05, 0) is 50.6 Å². The number of carbonyl (C=O) groups excluding carboxylic acids is 1. The Balaban J connectivity index is 1.84. The van der Waals surface area contributed by atoms with Crippen molar-refractivity contribution in [1.82, 2.24) is 9.55 Å². The summed E-state index contributed by atoms with van der Waals surface area (Å²) < 4.78 is 7.39. The molecular formula is C21H22ClN3O2. The summed E-state index contributed by atoms with van der Waals surface area (Å²) in [5.74, 6) is 0.535. The van der Waals surface area contributed by atoms with Gasteiger partial charge in [-0.1, -0.05) is 23.7 Å². The molecule has 1 heterocycles. The van der Waals surface area contributed by atoms with Crippen molar-refractivity contribution in [3.63, 3.8) is 0 Å². The molecule has 5 nitrogen and oxygen atoms in total. The van der Waals surface area contributed by atoms with Crippen LogP contribution >= 0.6 is 11.6 Å². The van der Waals surface area contributed by atoms with Gasteiger partial charge in [-0.25, -0.2) is 4.98 Å². The molecule has 1 aromatic heterocycles. The Morgan fingerprint density at radius 2 is 1.89 bits per heavy atom. The van der Waals surface area contributed by atoms with Crippen molar-refractivity contribution >= 4 is 23.2 Å². The van der Waals surface area contributed by atoms with Gasteiger partial charge in [0.05, 0.1) is 30.2 Å². The van der Waals surface area contributed by atoms with Gasteiger partial charge in [-0.15, -0.1) is 0 Å². The second-order valence-corrected chi connectivity index (χ2v) is 7.33. The monoisotopic (exact) mass is 383 g/mol. The molecule has 6 heteroatoms. The molecule has 0 aliphatic rings. The Morgan fingerprint density at radius 1 is 1.19 bits per heavy atom. The van der Waals surface area contributed by atoms with E-state index in [1.165, 1.54) is 0 Å². The minimum absolute atomic E-state index is 0.113. The van der Waals surface area contributed by atoms with Crippen molar-refractivity contribution < 1.29 is 9.53 Å². The van der Waals surface area contributed by atoms with Gasteiger partial charge in [0.15, 0.2) is 0 Å². The van der Waals surface area contributed by atoms with Gasteiger partial charge in [0, 0.05) is 23.0 Å². The second kappa shape index (κ2) is 7.45. The summed E-state index contributed by atoms with van der Waals surface area (Å²) in [6.45, 7) is 5.69. The first kappa shape index (κ1) is 19.0. The topological polar surface area (TPSA) is 56.1 Å². The standard InChI is InChI=1S/C21H22ClN3O2/c1-14-12-25(13-23-14)18-10-9-17(11-19(18)27-4)24-20(26)21(2,3)15-5-7-16(22)8-6-15/h5-13H,1-4H3,(H,24,26). The molecular weight excluding hydrogens is 362 g/mol. The Bertz CT molecular complexity index is 962. The minimum Gasteiger partial charge on any atom is -0.494 e. The highest BCUT2D eigenvalue weighted by molar-refractivity contribution is 6.30. The number of ether oxygens (including phenoxy) is 1. The van der Waals surface area contributed by atoms with Crippen molar-refractivity contribution in [3.05, 3.63) is 71.3 Å². The van der Waals surface area contributed by atoms with Crippen LogP contribution in [0.15, 0.2) is 55.0 Å². The number of anilines is 1. The summed E-state index contributed by atoms with van der Waals surface area (Å²) in [5.41, 5.74) is 2.62. The molecule has 1 N–H and O–H groups in total. The number of amides is 1. The summed E-state index contributed by atoms with van der Waals surface area (Å²) in [7, 11) is 1.60. The molecule has 1 amide bonds. The van der Waals surface area contributed by atoms with Crippen LogP contribution in [-0.2, 0) is 10.2 Å². The van der Waals surface area contributed by atoms with Gasteiger partial charge in [-0.3, -0.25) is 4.79 Å². The maximum Gasteiger partial charge on any atom is 0.234 e. The lowest BCUT2D eigenvalue weighted by atomic mass is 9.83. The third-order valence-corrected chi connectivity index (χ3v) is 4.81. The highest BCUT2D eigenvalue weighted by Gasteiger charge is 2.30. The number of hydrogen-bond acceptors (Lipinski definition) is 3. The lowest BCUT2D eigenvalue weighted by Gasteiger charge is -2.24. The minimum atomic E-state index is -0.710. The molecule has 0 fully saturated rings. The third kappa shape index (κ3) is 3.98. The van der Waals surface area contributed by atoms with Crippen molar-refractivity contribution in [1.29, 1.82) is 0 Å². The van der Waals surface area contributed by atoms with Gasteiger partial charge in [-0.2, -0.15) is 0 Å². The first-order valence-electron chi connectivity index (χ1n) is 8.58. The Morgan fingerprint density at radius 3 is 2.48 bits per heavy atom. The average Bonchev–Trinajstić information content (AvgIpc) is 3.08. The number of nitrogens with zero attached hydrogens (tertiary/aromatic N) is 2. The Kier molecular flexibility index (Phi) is 5.24. The number of carbonyl (C=O) groups is 1. The van der Waals surface area contributed by atoms with Gasteiger partial charge in [0.2, 0.25) is 5.91 Å². The molecule has 0 saturated carbocycles. The van der Waals surface area contributed by atoms with Crippen molar-refractivity contribution in [2.45, 2.75) is 26.2 Å². The number of halogens is 1. The van der Waals surface area contributed by atoms with Crippen LogP contribution in [0.5, 0.6) is 5.75 Å². The highest BCUT2D eigenvalue weighted by atomic mass is 35.5. The number of aromatic nitrogens is 2. The fraction of sp³-hybridized carbons (Fsp3) is 0.238. The Hall–Kier alpha value is -2.79. The van der Waals surface area contributed by atoms with E-state index >= 15 is 0 Å². The zero-order chi connectivity index (χ0) is 19.6. The number of methoxy groups -OCH3 is 1. The van der Waals surface area contributed by atoms with E-state index in [1.807, 2.05) is 55.8 Å². The summed E-state index contributed by atoms with van der Waals surface area (Å²) >= 11 is 5.95. The number of imidazole rings is 1. The molecule has 2 aromatic carbocycles. The van der Waals surface area contributed by atoms with Crippen LogP contribution in [0.2, 0.25) is 5.02 Å². The van der Waals surface area contributed by atoms with E-state index in [9.17, 15) is 4.79 Å². The van der Waals surface area contributed by atoms with Gasteiger partial charge < -0.3 is 14.6 Å². The number of rotatable bonds is 5. The fourth-order valence-corrected chi connectivity index (χ4v) is 2.93. The SMILES string of the molecule is COc1cc(NC(=O)C(C)(C)c2ccc(Cl)cc2)ccc1-n1cnc(C)c1. The average molecular weight is 384 g/mol. The van der Waals surface area contributed by atoms with Crippen LogP contribution in [-0.4, -0.2) is 22.6 Å². The van der Waals surface area contributed by atoms with Gasteiger partial charge in [0.1, 0.15) is 5.75 Å². The summed E-state index contributed by atoms with van der Waals surface area (Å²) in [6.07, 6.45) is 3.65. The van der Waals surface area contributed by atoms with Crippen LogP contribution in [0.3, 0.4) is 0 Å². The predicted molar refractivity (Wildman–Crippen MR) is 108 cm³/mol. The molecule has 27 heavy (non-hydrogen) atoms. The van der Waals surface area contributed by atoms with E-state index in [1.54, 1.807) is 31.6 Å². The zero-order valence-corrected chi connectivity index (χ0v) is 16.5. The molecule has 0 unspecified atom stereocenters. The normalized spacial score (nSPS) is 11.3. The second-order valence-electron chi connectivity index (χ2n) is 6.89. The van der Waals surface area contributed by atoms with E-state index < -0.39 is 5.41 Å². The first-order chi connectivity index (χ1) is 12.8. The maximum absolute atomic E-state index is 12.9. The van der Waals surface area contributed by atoms with Crippen molar-refractivity contribution in [2.75, 3.05) is 12.4 Å². The summed E-state index contributed by atoms with van der Waals surface area (Å²) in [4.78, 5) is 17.1. The van der Waals surface area contributed by atoms with Crippen LogP contribution in [0, 0.1) is 6.92 Å². The molecule has 0 aliphatic carbocycles. The number of hydrogen-bond donors (Lipinski definition) is 1.